The number of nitrogens with zero attached hydrogens (tertiary/aromatic N) is 2. The van der Waals surface area contributed by atoms with Crippen molar-refractivity contribution >= 4 is 17.3 Å². The smallest absolute Gasteiger partial charge is 0.377 e. The number of hydrogen-bond donors (Lipinski definition) is 2. The lowest BCUT2D eigenvalue weighted by Crippen LogP contribution is -2.38. The van der Waals surface area contributed by atoms with Crippen molar-refractivity contribution in [1.82, 2.24) is 15.6 Å². The summed E-state index contributed by atoms with van der Waals surface area (Å²) in [5, 5.41) is 7.80. The van der Waals surface area contributed by atoms with E-state index >= 15 is 0 Å². The van der Waals surface area contributed by atoms with Crippen LogP contribution in [0.4, 0.5) is 13.2 Å². The van der Waals surface area contributed by atoms with Crippen LogP contribution in [0.2, 0.25) is 0 Å². The molecule has 0 bridgehead atoms. The maximum atomic E-state index is 12.6. The van der Waals surface area contributed by atoms with Gasteiger partial charge in [-0.1, -0.05) is 31.2 Å². The Labute approximate surface area is 167 Å². The molecule has 1 heterocycles. The van der Waals surface area contributed by atoms with Gasteiger partial charge in [0.1, 0.15) is 0 Å². The molecule has 0 saturated heterocycles. The molecule has 2 rings (SSSR count). The van der Waals surface area contributed by atoms with Crippen molar-refractivity contribution in [2.24, 2.45) is 4.99 Å². The Morgan fingerprint density at radius 1 is 1.21 bits per heavy atom. The second kappa shape index (κ2) is 11.0. The molecule has 1 aromatic carbocycles. The highest BCUT2D eigenvalue weighted by atomic mass is 32.1. The van der Waals surface area contributed by atoms with Crippen LogP contribution in [0.25, 0.3) is 0 Å². The van der Waals surface area contributed by atoms with Gasteiger partial charge >= 0.3 is 6.18 Å². The van der Waals surface area contributed by atoms with Gasteiger partial charge < -0.3 is 15.4 Å². The van der Waals surface area contributed by atoms with Crippen molar-refractivity contribution in [2.75, 3.05) is 20.2 Å². The summed E-state index contributed by atoms with van der Waals surface area (Å²) in [4.78, 5) is 7.77. The van der Waals surface area contributed by atoms with Crippen LogP contribution in [0.15, 0.2) is 34.6 Å². The Balaban J connectivity index is 1.81. The van der Waals surface area contributed by atoms with E-state index in [1.54, 1.807) is 7.05 Å². The molecule has 9 heteroatoms. The molecule has 0 fully saturated rings. The van der Waals surface area contributed by atoms with Crippen LogP contribution in [0.3, 0.4) is 0 Å². The number of alkyl halides is 3. The quantitative estimate of drug-likeness (QED) is 0.370. The fourth-order valence-corrected chi connectivity index (χ4v) is 3.25. The SMILES string of the molecule is CCCOCc1ccccc1CNC(=NC)NCCc1nc(C(F)(F)F)cs1. The van der Waals surface area contributed by atoms with E-state index in [4.69, 9.17) is 4.74 Å². The fraction of sp³-hybridized carbons (Fsp3) is 0.474. The summed E-state index contributed by atoms with van der Waals surface area (Å²) in [5.74, 6) is 0.580. The average molecular weight is 414 g/mol. The van der Waals surface area contributed by atoms with Gasteiger partial charge in [0.05, 0.1) is 11.6 Å². The van der Waals surface area contributed by atoms with Gasteiger partial charge in [-0.15, -0.1) is 11.3 Å². The molecule has 2 aromatic rings. The first kappa shape index (κ1) is 22.2. The number of thiazole rings is 1. The lowest BCUT2D eigenvalue weighted by atomic mass is 10.1. The number of rotatable bonds is 9. The van der Waals surface area contributed by atoms with Crippen LogP contribution in [0, 0.1) is 0 Å². The number of guanidine groups is 1. The molecule has 0 aliphatic heterocycles. The topological polar surface area (TPSA) is 58.5 Å². The van der Waals surface area contributed by atoms with Crippen LogP contribution in [-0.4, -0.2) is 31.1 Å². The molecule has 0 amide bonds. The maximum Gasteiger partial charge on any atom is 0.434 e. The molecule has 0 radical (unpaired) electrons. The van der Waals surface area contributed by atoms with Gasteiger partial charge in [-0.3, -0.25) is 4.99 Å². The van der Waals surface area contributed by atoms with Crippen LogP contribution < -0.4 is 10.6 Å². The van der Waals surface area contributed by atoms with Crippen LogP contribution >= 0.6 is 11.3 Å². The van der Waals surface area contributed by atoms with Crippen molar-refractivity contribution in [3.8, 4) is 0 Å². The van der Waals surface area contributed by atoms with Gasteiger partial charge in [-0.05, 0) is 17.5 Å². The minimum Gasteiger partial charge on any atom is -0.377 e. The Kier molecular flexibility index (Phi) is 8.72. The lowest BCUT2D eigenvalue weighted by molar-refractivity contribution is -0.140. The molecule has 0 aliphatic carbocycles. The number of halogens is 3. The zero-order chi connectivity index (χ0) is 20.4. The van der Waals surface area contributed by atoms with E-state index < -0.39 is 11.9 Å². The molecule has 5 nitrogen and oxygen atoms in total. The van der Waals surface area contributed by atoms with E-state index in [1.165, 1.54) is 0 Å². The molecule has 0 spiro atoms. The first-order valence-electron chi connectivity index (χ1n) is 9.04. The molecule has 2 N–H and O–H groups in total. The third kappa shape index (κ3) is 7.12. The normalized spacial score (nSPS) is 12.2. The summed E-state index contributed by atoms with van der Waals surface area (Å²) in [7, 11) is 1.65. The van der Waals surface area contributed by atoms with E-state index in [0.717, 1.165) is 40.9 Å². The highest BCUT2D eigenvalue weighted by molar-refractivity contribution is 7.09. The monoisotopic (exact) mass is 414 g/mol. The van der Waals surface area contributed by atoms with E-state index in [-0.39, 0.29) is 0 Å². The second-order valence-electron chi connectivity index (χ2n) is 6.05. The molecule has 0 atom stereocenters. The number of hydrogen-bond acceptors (Lipinski definition) is 4. The minimum atomic E-state index is -4.39. The molecular formula is C19H25F3N4OS. The van der Waals surface area contributed by atoms with Crippen LogP contribution in [0.1, 0.15) is 35.2 Å². The van der Waals surface area contributed by atoms with Gasteiger partial charge in [-0.2, -0.15) is 13.2 Å². The van der Waals surface area contributed by atoms with E-state index in [9.17, 15) is 13.2 Å². The first-order valence-corrected chi connectivity index (χ1v) is 9.92. The lowest BCUT2D eigenvalue weighted by Gasteiger charge is -2.14. The van der Waals surface area contributed by atoms with Gasteiger partial charge in [-0.25, -0.2) is 4.98 Å². The van der Waals surface area contributed by atoms with E-state index in [2.05, 4.69) is 27.5 Å². The highest BCUT2D eigenvalue weighted by Crippen LogP contribution is 2.29. The highest BCUT2D eigenvalue weighted by Gasteiger charge is 2.33. The molecule has 0 saturated carbocycles. The van der Waals surface area contributed by atoms with Gasteiger partial charge in [0.15, 0.2) is 11.7 Å². The Morgan fingerprint density at radius 2 is 1.96 bits per heavy atom. The summed E-state index contributed by atoms with van der Waals surface area (Å²) >= 11 is 1.01. The van der Waals surface area contributed by atoms with Crippen molar-refractivity contribution in [3.63, 3.8) is 0 Å². The number of aromatic nitrogens is 1. The second-order valence-corrected chi connectivity index (χ2v) is 6.99. The van der Waals surface area contributed by atoms with E-state index in [0.29, 0.717) is 37.1 Å². The summed E-state index contributed by atoms with van der Waals surface area (Å²) < 4.78 is 43.4. The Hall–Kier alpha value is -2.13. The summed E-state index contributed by atoms with van der Waals surface area (Å²) in [6.45, 7) is 4.35. The Morgan fingerprint density at radius 3 is 2.61 bits per heavy atom. The molecule has 28 heavy (non-hydrogen) atoms. The summed E-state index contributed by atoms with van der Waals surface area (Å²) in [6, 6.07) is 8.00. The van der Waals surface area contributed by atoms with Gasteiger partial charge in [0, 0.05) is 38.5 Å². The molecule has 0 aliphatic rings. The molecule has 0 unspecified atom stereocenters. The molecular weight excluding hydrogens is 389 g/mol. The zero-order valence-electron chi connectivity index (χ0n) is 16.0. The zero-order valence-corrected chi connectivity index (χ0v) is 16.8. The van der Waals surface area contributed by atoms with Crippen molar-refractivity contribution in [2.45, 2.75) is 39.1 Å². The minimum absolute atomic E-state index is 0.392. The van der Waals surface area contributed by atoms with Gasteiger partial charge in [0.2, 0.25) is 0 Å². The maximum absolute atomic E-state index is 12.6. The molecule has 1 aromatic heterocycles. The van der Waals surface area contributed by atoms with E-state index in [1.807, 2.05) is 24.3 Å². The molecule has 154 valence electrons. The number of benzene rings is 1. The third-order valence-corrected chi connectivity index (χ3v) is 4.78. The van der Waals surface area contributed by atoms with Crippen molar-refractivity contribution in [1.29, 1.82) is 0 Å². The third-order valence-electron chi connectivity index (χ3n) is 3.87. The fourth-order valence-electron chi connectivity index (χ4n) is 2.44. The van der Waals surface area contributed by atoms with Crippen molar-refractivity contribution < 1.29 is 17.9 Å². The predicted molar refractivity (Wildman–Crippen MR) is 105 cm³/mol. The average Bonchev–Trinajstić information content (AvgIpc) is 3.15. The number of aliphatic imine (C=N–C) groups is 1. The van der Waals surface area contributed by atoms with Crippen LogP contribution in [0.5, 0.6) is 0 Å². The first-order chi connectivity index (χ1) is 13.4. The van der Waals surface area contributed by atoms with Gasteiger partial charge in [0.25, 0.3) is 0 Å². The largest absolute Gasteiger partial charge is 0.434 e. The predicted octanol–water partition coefficient (Wildman–Crippen LogP) is 4.00. The summed E-state index contributed by atoms with van der Waals surface area (Å²) in [5.41, 5.74) is 1.38. The number of ether oxygens (including phenoxy) is 1. The van der Waals surface area contributed by atoms with Crippen molar-refractivity contribution in [3.05, 3.63) is 51.5 Å². The summed E-state index contributed by atoms with van der Waals surface area (Å²) in [6.07, 6.45) is -3.03. The number of nitrogens with one attached hydrogen (secondary N) is 2. The standard InChI is InChI=1S/C19H25F3N4OS/c1-3-10-27-12-15-7-5-4-6-14(15)11-25-18(23-2)24-9-8-17-26-16(13-28-17)19(20,21)22/h4-7,13H,3,8-12H2,1-2H3,(H2,23,24,25). The Bertz CT molecular complexity index is 762. The van der Waals surface area contributed by atoms with Crippen LogP contribution in [-0.2, 0) is 30.5 Å².